The lowest BCUT2D eigenvalue weighted by Crippen LogP contribution is -2.54. The van der Waals surface area contributed by atoms with Crippen LogP contribution in [0.1, 0.15) is 24.2 Å². The van der Waals surface area contributed by atoms with Crippen molar-refractivity contribution in [1.29, 1.82) is 0 Å². The lowest BCUT2D eigenvalue weighted by Gasteiger charge is -2.37. The molecule has 4 rings (SSSR count). The molecular weight excluding hydrogens is 373 g/mol. The van der Waals surface area contributed by atoms with Gasteiger partial charge in [0.1, 0.15) is 11.4 Å². The van der Waals surface area contributed by atoms with Crippen molar-refractivity contribution in [2.45, 2.75) is 25.9 Å². The first-order chi connectivity index (χ1) is 13.8. The second kappa shape index (κ2) is 7.33. The van der Waals surface area contributed by atoms with E-state index in [4.69, 9.17) is 0 Å². The van der Waals surface area contributed by atoms with Gasteiger partial charge in [0.25, 0.3) is 0 Å². The molecule has 0 aliphatic carbocycles. The van der Waals surface area contributed by atoms with Gasteiger partial charge in [-0.3, -0.25) is 4.79 Å². The number of hydrogen-bond donors (Lipinski definition) is 3. The molecule has 1 fully saturated rings. The maximum atomic E-state index is 14.9. The summed E-state index contributed by atoms with van der Waals surface area (Å²) in [6.45, 7) is 5.35. The topological polar surface area (TPSA) is 85.4 Å². The predicted octanol–water partition coefficient (Wildman–Crippen LogP) is 3.22. The number of nitrogens with zero attached hydrogens (tertiary/aromatic N) is 1. The molecule has 1 aliphatic rings. The van der Waals surface area contributed by atoms with E-state index in [9.17, 15) is 19.1 Å². The maximum Gasteiger partial charge on any atom is 0.341 e. The van der Waals surface area contributed by atoms with Gasteiger partial charge in [-0.05, 0) is 31.5 Å². The number of carbonyl (C=O) groups is 1. The van der Waals surface area contributed by atoms with Crippen LogP contribution in [0.2, 0.25) is 0 Å². The SMILES string of the molecule is C[C@@H]1CN(c2cc3[nH]c(-c4ccccc4)c(C(=O)O)c(=O)c3cc2F)C[C@H](C)N1. The molecule has 0 bridgehead atoms. The number of H-pyrrole nitrogens is 1. The van der Waals surface area contributed by atoms with Gasteiger partial charge in [-0.15, -0.1) is 0 Å². The van der Waals surface area contributed by atoms with Crippen molar-refractivity contribution in [2.75, 3.05) is 18.0 Å². The molecule has 2 aromatic carbocycles. The molecule has 3 N–H and O–H groups in total. The highest BCUT2D eigenvalue weighted by atomic mass is 19.1. The first kappa shape index (κ1) is 19.1. The van der Waals surface area contributed by atoms with Gasteiger partial charge in [-0.1, -0.05) is 30.3 Å². The van der Waals surface area contributed by atoms with E-state index in [1.807, 2.05) is 24.8 Å². The highest BCUT2D eigenvalue weighted by Crippen LogP contribution is 2.28. The molecule has 1 aromatic heterocycles. The van der Waals surface area contributed by atoms with E-state index in [1.165, 1.54) is 0 Å². The van der Waals surface area contributed by atoms with Crippen LogP contribution in [-0.2, 0) is 0 Å². The molecule has 2 heterocycles. The average molecular weight is 395 g/mol. The van der Waals surface area contributed by atoms with Gasteiger partial charge in [-0.2, -0.15) is 0 Å². The molecule has 0 radical (unpaired) electrons. The Morgan fingerprint density at radius 3 is 2.41 bits per heavy atom. The third kappa shape index (κ3) is 3.49. The van der Waals surface area contributed by atoms with E-state index in [0.29, 0.717) is 29.9 Å². The normalized spacial score (nSPS) is 19.5. The van der Waals surface area contributed by atoms with Gasteiger partial charge in [0.2, 0.25) is 5.43 Å². The summed E-state index contributed by atoms with van der Waals surface area (Å²) in [5.74, 6) is -1.88. The van der Waals surface area contributed by atoms with E-state index in [-0.39, 0.29) is 28.7 Å². The molecule has 150 valence electrons. The van der Waals surface area contributed by atoms with Gasteiger partial charge < -0.3 is 20.3 Å². The first-order valence-electron chi connectivity index (χ1n) is 9.54. The van der Waals surface area contributed by atoms with E-state index in [0.717, 1.165) is 6.07 Å². The molecule has 1 saturated heterocycles. The van der Waals surface area contributed by atoms with Crippen molar-refractivity contribution >= 4 is 22.6 Å². The van der Waals surface area contributed by atoms with Gasteiger partial charge >= 0.3 is 5.97 Å². The number of piperazine rings is 1. The Morgan fingerprint density at radius 1 is 1.14 bits per heavy atom. The minimum absolute atomic E-state index is 0.0274. The Bertz CT molecular complexity index is 1130. The monoisotopic (exact) mass is 395 g/mol. The van der Waals surface area contributed by atoms with E-state index in [2.05, 4.69) is 10.3 Å². The largest absolute Gasteiger partial charge is 0.477 e. The fourth-order valence-electron chi connectivity index (χ4n) is 4.09. The van der Waals surface area contributed by atoms with Crippen LogP contribution in [0.15, 0.2) is 47.3 Å². The Labute approximate surface area is 167 Å². The molecule has 0 saturated carbocycles. The molecule has 0 spiro atoms. The third-order valence-corrected chi connectivity index (χ3v) is 5.24. The number of aromatic nitrogens is 1. The number of carboxylic acids is 1. The summed E-state index contributed by atoms with van der Waals surface area (Å²) < 4.78 is 14.9. The minimum Gasteiger partial charge on any atom is -0.477 e. The highest BCUT2D eigenvalue weighted by Gasteiger charge is 2.25. The van der Waals surface area contributed by atoms with Crippen LogP contribution < -0.4 is 15.6 Å². The smallest absolute Gasteiger partial charge is 0.341 e. The third-order valence-electron chi connectivity index (χ3n) is 5.24. The quantitative estimate of drug-likeness (QED) is 0.634. The van der Waals surface area contributed by atoms with Crippen LogP contribution in [0.25, 0.3) is 22.2 Å². The second-order valence-corrected chi connectivity index (χ2v) is 7.60. The van der Waals surface area contributed by atoms with Crippen LogP contribution in [0, 0.1) is 5.82 Å². The fourth-order valence-corrected chi connectivity index (χ4v) is 4.09. The second-order valence-electron chi connectivity index (χ2n) is 7.60. The number of nitrogens with one attached hydrogen (secondary N) is 2. The number of carboxylic acid groups (broad SMARTS) is 1. The summed E-state index contributed by atoms with van der Waals surface area (Å²) in [6.07, 6.45) is 0. The van der Waals surface area contributed by atoms with E-state index in [1.54, 1.807) is 30.3 Å². The van der Waals surface area contributed by atoms with Crippen molar-refractivity contribution < 1.29 is 14.3 Å². The standard InChI is InChI=1S/C22H22FN3O3/c1-12-10-26(11-13(2)24-12)18-9-17-15(8-16(18)23)21(27)19(22(28)29)20(25-17)14-6-4-3-5-7-14/h3-9,12-13,24H,10-11H2,1-2H3,(H,25,27)(H,28,29)/t12-,13+. The first-order valence-corrected chi connectivity index (χ1v) is 9.54. The predicted molar refractivity (Wildman–Crippen MR) is 111 cm³/mol. The number of benzene rings is 2. The number of hydrogen-bond acceptors (Lipinski definition) is 4. The Kier molecular flexibility index (Phi) is 4.84. The number of fused-ring (bicyclic) bond motifs is 1. The van der Waals surface area contributed by atoms with Crippen LogP contribution in [0.3, 0.4) is 0 Å². The number of aromatic carboxylic acids is 1. The summed E-state index contributed by atoms with van der Waals surface area (Å²) in [4.78, 5) is 29.7. The molecule has 0 amide bonds. The van der Waals surface area contributed by atoms with Crippen molar-refractivity contribution in [3.63, 3.8) is 0 Å². The van der Waals surface area contributed by atoms with Gasteiger partial charge in [0.05, 0.1) is 16.9 Å². The molecule has 6 nitrogen and oxygen atoms in total. The van der Waals surface area contributed by atoms with Crippen LogP contribution in [0.4, 0.5) is 10.1 Å². The van der Waals surface area contributed by atoms with Gasteiger partial charge in [-0.25, -0.2) is 9.18 Å². The highest BCUT2D eigenvalue weighted by molar-refractivity contribution is 5.99. The molecule has 29 heavy (non-hydrogen) atoms. The van der Waals surface area contributed by atoms with Crippen molar-refractivity contribution in [1.82, 2.24) is 10.3 Å². The lowest BCUT2D eigenvalue weighted by atomic mass is 10.0. The molecule has 3 aromatic rings. The molecule has 1 aliphatic heterocycles. The summed E-state index contributed by atoms with van der Waals surface area (Å²) >= 11 is 0. The van der Waals surface area contributed by atoms with Crippen LogP contribution >= 0.6 is 0 Å². The van der Waals surface area contributed by atoms with Crippen LogP contribution in [-0.4, -0.2) is 41.2 Å². The Morgan fingerprint density at radius 2 is 1.79 bits per heavy atom. The zero-order valence-electron chi connectivity index (χ0n) is 16.2. The van der Waals surface area contributed by atoms with Gasteiger partial charge in [0, 0.05) is 30.6 Å². The zero-order valence-corrected chi connectivity index (χ0v) is 16.2. The Balaban J connectivity index is 1.94. The molecule has 7 heteroatoms. The van der Waals surface area contributed by atoms with Crippen LogP contribution in [0.5, 0.6) is 0 Å². The van der Waals surface area contributed by atoms with Gasteiger partial charge in [0.15, 0.2) is 0 Å². The van der Waals surface area contributed by atoms with E-state index >= 15 is 0 Å². The average Bonchev–Trinajstić information content (AvgIpc) is 2.67. The maximum absolute atomic E-state index is 14.9. The number of halogens is 1. The molecule has 0 unspecified atom stereocenters. The zero-order chi connectivity index (χ0) is 20.7. The van der Waals surface area contributed by atoms with Crippen molar-refractivity contribution in [3.8, 4) is 11.3 Å². The number of pyridine rings is 1. The van der Waals surface area contributed by atoms with Crippen molar-refractivity contribution in [3.05, 3.63) is 64.1 Å². The molecular formula is C22H22FN3O3. The number of anilines is 1. The van der Waals surface area contributed by atoms with Crippen molar-refractivity contribution in [2.24, 2.45) is 0 Å². The lowest BCUT2D eigenvalue weighted by molar-refractivity contribution is 0.0696. The molecule has 2 atom stereocenters. The fraction of sp³-hybridized carbons (Fsp3) is 0.273. The summed E-state index contributed by atoms with van der Waals surface area (Å²) in [5.41, 5.74) is 0.525. The summed E-state index contributed by atoms with van der Waals surface area (Å²) in [5, 5.41) is 13.1. The minimum atomic E-state index is -1.35. The van der Waals surface area contributed by atoms with E-state index < -0.39 is 17.2 Å². The number of aromatic amines is 1. The number of rotatable bonds is 3. The summed E-state index contributed by atoms with van der Waals surface area (Å²) in [6, 6.07) is 11.9. The Hall–Kier alpha value is -3.19. The summed E-state index contributed by atoms with van der Waals surface area (Å²) in [7, 11) is 0.